The number of likely N-dealkylation sites (N-methyl/N-ethyl adjacent to an activating group) is 1. The third-order valence-electron chi connectivity index (χ3n) is 3.24. The summed E-state index contributed by atoms with van der Waals surface area (Å²) in [6.07, 6.45) is 1.19. The number of nitrogens with zero attached hydrogens (tertiary/aromatic N) is 1. The molecule has 1 atom stereocenters. The van der Waals surface area contributed by atoms with E-state index in [1.54, 1.807) is 24.3 Å². The predicted octanol–water partition coefficient (Wildman–Crippen LogP) is 0.723. The van der Waals surface area contributed by atoms with Crippen molar-refractivity contribution in [1.82, 2.24) is 4.90 Å². The quantitative estimate of drug-likeness (QED) is 0.680. The van der Waals surface area contributed by atoms with Gasteiger partial charge in [-0.05, 0) is 30.6 Å². The van der Waals surface area contributed by atoms with E-state index in [1.165, 1.54) is 6.42 Å². The van der Waals surface area contributed by atoms with E-state index in [0.717, 1.165) is 18.8 Å². The lowest BCUT2D eigenvalue weighted by Crippen LogP contribution is -2.30. The lowest BCUT2D eigenvalue weighted by atomic mass is 9.80. The molecule has 1 aromatic carbocycles. The zero-order chi connectivity index (χ0) is 14.3. The highest BCUT2D eigenvalue weighted by Gasteiger charge is 2.10. The minimum atomic E-state index is -1.42. The first-order valence-corrected chi connectivity index (χ1v) is 6.80. The van der Waals surface area contributed by atoms with Crippen LogP contribution < -0.4 is 10.2 Å². The zero-order valence-corrected chi connectivity index (χ0v) is 12.0. The normalized spacial score (nSPS) is 12.5. The van der Waals surface area contributed by atoms with Crippen LogP contribution in [0.1, 0.15) is 20.3 Å². The molecule has 0 saturated carbocycles. The molecular formula is C14H24BNO3. The predicted molar refractivity (Wildman–Crippen MR) is 78.7 cm³/mol. The summed E-state index contributed by atoms with van der Waals surface area (Å²) in [6, 6.07) is 6.82. The van der Waals surface area contributed by atoms with E-state index in [1.807, 2.05) is 0 Å². The van der Waals surface area contributed by atoms with Crippen molar-refractivity contribution in [2.75, 3.05) is 26.7 Å². The van der Waals surface area contributed by atoms with Crippen molar-refractivity contribution in [3.63, 3.8) is 0 Å². The molecule has 0 bridgehead atoms. The van der Waals surface area contributed by atoms with E-state index in [0.29, 0.717) is 18.0 Å². The molecule has 2 N–H and O–H groups in total. The Kier molecular flexibility index (Phi) is 6.91. The van der Waals surface area contributed by atoms with Crippen molar-refractivity contribution in [2.24, 2.45) is 5.92 Å². The van der Waals surface area contributed by atoms with Gasteiger partial charge in [0.05, 0.1) is 0 Å². The molecule has 0 aliphatic rings. The first-order chi connectivity index (χ1) is 9.02. The van der Waals surface area contributed by atoms with E-state index in [2.05, 4.69) is 25.8 Å². The van der Waals surface area contributed by atoms with Gasteiger partial charge in [-0.25, -0.2) is 0 Å². The molecule has 0 heterocycles. The fourth-order valence-electron chi connectivity index (χ4n) is 1.81. The Balaban J connectivity index is 2.29. The number of benzene rings is 1. The molecule has 0 spiro atoms. The number of hydrogen-bond donors (Lipinski definition) is 2. The van der Waals surface area contributed by atoms with Crippen molar-refractivity contribution in [1.29, 1.82) is 0 Å². The van der Waals surface area contributed by atoms with Gasteiger partial charge in [-0.15, -0.1) is 0 Å². The van der Waals surface area contributed by atoms with Crippen LogP contribution in [0.3, 0.4) is 0 Å². The summed E-state index contributed by atoms with van der Waals surface area (Å²) in [6.45, 7) is 7.04. The Morgan fingerprint density at radius 2 is 1.89 bits per heavy atom. The highest BCUT2D eigenvalue weighted by molar-refractivity contribution is 6.58. The highest BCUT2D eigenvalue weighted by Crippen LogP contribution is 2.08. The molecule has 1 aromatic rings. The first-order valence-electron chi connectivity index (χ1n) is 6.80. The second-order valence-electron chi connectivity index (χ2n) is 5.07. The molecule has 0 aliphatic heterocycles. The number of hydrogen-bond acceptors (Lipinski definition) is 4. The van der Waals surface area contributed by atoms with E-state index in [4.69, 9.17) is 14.8 Å². The maximum atomic E-state index is 8.98. The van der Waals surface area contributed by atoms with E-state index >= 15 is 0 Å². The van der Waals surface area contributed by atoms with Crippen molar-refractivity contribution in [3.05, 3.63) is 24.3 Å². The molecule has 5 heteroatoms. The van der Waals surface area contributed by atoms with Gasteiger partial charge in [0.2, 0.25) is 0 Å². The van der Waals surface area contributed by atoms with Crippen LogP contribution in [0.2, 0.25) is 0 Å². The molecule has 0 aromatic heterocycles. The lowest BCUT2D eigenvalue weighted by molar-refractivity contribution is 0.217. The third-order valence-corrected chi connectivity index (χ3v) is 3.24. The molecule has 0 fully saturated rings. The van der Waals surface area contributed by atoms with Crippen LogP contribution in [0.5, 0.6) is 5.75 Å². The summed E-state index contributed by atoms with van der Waals surface area (Å²) in [5.41, 5.74) is 0.473. The van der Waals surface area contributed by atoms with Gasteiger partial charge in [0.1, 0.15) is 12.4 Å². The molecule has 0 aliphatic carbocycles. The third kappa shape index (κ3) is 6.10. The minimum Gasteiger partial charge on any atom is -0.492 e. The summed E-state index contributed by atoms with van der Waals surface area (Å²) in [4.78, 5) is 2.26. The summed E-state index contributed by atoms with van der Waals surface area (Å²) >= 11 is 0. The summed E-state index contributed by atoms with van der Waals surface area (Å²) in [5, 5.41) is 18.0. The van der Waals surface area contributed by atoms with Gasteiger partial charge in [0, 0.05) is 13.1 Å². The van der Waals surface area contributed by atoms with Gasteiger partial charge >= 0.3 is 7.12 Å². The van der Waals surface area contributed by atoms with Crippen molar-refractivity contribution >= 4 is 12.6 Å². The van der Waals surface area contributed by atoms with Gasteiger partial charge < -0.3 is 19.7 Å². The molecule has 4 nitrogen and oxygen atoms in total. The fraction of sp³-hybridized carbons (Fsp3) is 0.571. The molecule has 1 rings (SSSR count). The van der Waals surface area contributed by atoms with Crippen LogP contribution >= 0.6 is 0 Å². The largest absolute Gasteiger partial charge is 0.492 e. The Morgan fingerprint density at radius 3 is 2.42 bits per heavy atom. The first kappa shape index (κ1) is 16.0. The van der Waals surface area contributed by atoms with Crippen LogP contribution in [0, 0.1) is 5.92 Å². The van der Waals surface area contributed by atoms with Crippen LogP contribution in [0.4, 0.5) is 0 Å². The smallest absolute Gasteiger partial charge is 0.488 e. The van der Waals surface area contributed by atoms with Crippen LogP contribution in [0.15, 0.2) is 24.3 Å². The van der Waals surface area contributed by atoms with Gasteiger partial charge in [-0.2, -0.15) is 0 Å². The summed E-state index contributed by atoms with van der Waals surface area (Å²) in [7, 11) is 0.677. The Bertz CT molecular complexity index is 356. The SMILES string of the molecule is CCC(C)CN(C)CCOc1ccc(B(O)O)cc1. The van der Waals surface area contributed by atoms with Crippen molar-refractivity contribution in [3.8, 4) is 5.75 Å². The van der Waals surface area contributed by atoms with E-state index < -0.39 is 7.12 Å². The highest BCUT2D eigenvalue weighted by atomic mass is 16.5. The lowest BCUT2D eigenvalue weighted by Gasteiger charge is -2.20. The van der Waals surface area contributed by atoms with E-state index in [-0.39, 0.29) is 0 Å². The Labute approximate surface area is 116 Å². The molecule has 19 heavy (non-hydrogen) atoms. The monoisotopic (exact) mass is 265 g/mol. The van der Waals surface area contributed by atoms with Crippen molar-refractivity contribution in [2.45, 2.75) is 20.3 Å². The van der Waals surface area contributed by atoms with Crippen LogP contribution in [-0.4, -0.2) is 48.8 Å². The maximum Gasteiger partial charge on any atom is 0.488 e. The zero-order valence-electron chi connectivity index (χ0n) is 12.0. The molecule has 0 amide bonds. The van der Waals surface area contributed by atoms with Gasteiger partial charge in [0.25, 0.3) is 0 Å². The van der Waals surface area contributed by atoms with Gasteiger partial charge in [0.15, 0.2) is 0 Å². The molecule has 106 valence electrons. The van der Waals surface area contributed by atoms with Crippen molar-refractivity contribution < 1.29 is 14.8 Å². The van der Waals surface area contributed by atoms with E-state index in [9.17, 15) is 0 Å². The van der Waals surface area contributed by atoms with Crippen LogP contribution in [0.25, 0.3) is 0 Å². The molecule has 0 saturated heterocycles. The summed E-state index contributed by atoms with van der Waals surface area (Å²) < 4.78 is 5.62. The molecular weight excluding hydrogens is 241 g/mol. The van der Waals surface area contributed by atoms with Gasteiger partial charge in [-0.1, -0.05) is 32.4 Å². The molecule has 0 radical (unpaired) electrons. The second-order valence-corrected chi connectivity index (χ2v) is 5.07. The standard InChI is InChI=1S/C14H24BNO3/c1-4-12(2)11-16(3)9-10-19-14-7-5-13(6-8-14)15(17)18/h5-8,12,17-18H,4,9-11H2,1-3H3. The molecule has 1 unspecified atom stereocenters. The Hall–Kier alpha value is -1.04. The van der Waals surface area contributed by atoms with Gasteiger partial charge in [-0.3, -0.25) is 0 Å². The Morgan fingerprint density at radius 1 is 1.26 bits per heavy atom. The number of rotatable bonds is 8. The summed E-state index contributed by atoms with van der Waals surface area (Å²) in [5.74, 6) is 1.46. The topological polar surface area (TPSA) is 52.9 Å². The van der Waals surface area contributed by atoms with Crippen LogP contribution in [-0.2, 0) is 0 Å². The fourth-order valence-corrected chi connectivity index (χ4v) is 1.81. The second kappa shape index (κ2) is 8.20. The maximum absolute atomic E-state index is 8.98. The number of ether oxygens (including phenoxy) is 1. The average Bonchev–Trinajstić information content (AvgIpc) is 2.39. The minimum absolute atomic E-state index is 0.473. The average molecular weight is 265 g/mol.